The summed E-state index contributed by atoms with van der Waals surface area (Å²) in [7, 11) is 0. The summed E-state index contributed by atoms with van der Waals surface area (Å²) in [6.07, 6.45) is 2.21. The molecule has 1 amide bonds. The summed E-state index contributed by atoms with van der Waals surface area (Å²) in [5.74, 6) is -4.45. The van der Waals surface area contributed by atoms with E-state index in [0.717, 1.165) is 49.0 Å². The average Bonchev–Trinajstić information content (AvgIpc) is 2.93. The first-order valence-corrected chi connectivity index (χ1v) is 14.4. The lowest BCUT2D eigenvalue weighted by molar-refractivity contribution is -0.139. The summed E-state index contributed by atoms with van der Waals surface area (Å²) in [6.45, 7) is 5.46. The van der Waals surface area contributed by atoms with Crippen LogP contribution in [-0.4, -0.2) is 38.0 Å². The number of carbonyl (C=O) groups excluding carboxylic acids is 1. The molecule has 0 radical (unpaired) electrons. The van der Waals surface area contributed by atoms with Crippen molar-refractivity contribution in [1.29, 1.82) is 0 Å². The topological polar surface area (TPSA) is 106 Å². The molecule has 1 aromatic carbocycles. The molecular formula is C29H30F4N4O4S. The van der Waals surface area contributed by atoms with Gasteiger partial charge >= 0.3 is 12.1 Å². The van der Waals surface area contributed by atoms with Crippen molar-refractivity contribution in [3.8, 4) is 11.6 Å². The highest BCUT2D eigenvalue weighted by atomic mass is 32.2. The lowest BCUT2D eigenvalue weighted by Gasteiger charge is -2.34. The van der Waals surface area contributed by atoms with E-state index in [1.165, 1.54) is 17.3 Å². The number of benzene rings is 1. The summed E-state index contributed by atoms with van der Waals surface area (Å²) in [5, 5.41) is 10.3. The monoisotopic (exact) mass is 606 g/mol. The molecule has 0 aliphatic heterocycles. The van der Waals surface area contributed by atoms with Gasteiger partial charge < -0.3 is 14.7 Å². The number of halogens is 4. The van der Waals surface area contributed by atoms with Gasteiger partial charge in [0, 0.05) is 48.4 Å². The minimum absolute atomic E-state index is 0.0750. The highest BCUT2D eigenvalue weighted by molar-refractivity contribution is 7.98. The molecule has 0 saturated heterocycles. The summed E-state index contributed by atoms with van der Waals surface area (Å²) < 4.78 is 62.6. The third kappa shape index (κ3) is 7.36. The van der Waals surface area contributed by atoms with Crippen LogP contribution in [0, 0.1) is 17.7 Å². The Morgan fingerprint density at radius 1 is 1.10 bits per heavy atom. The van der Waals surface area contributed by atoms with Crippen LogP contribution in [0.4, 0.5) is 23.2 Å². The van der Waals surface area contributed by atoms with Crippen molar-refractivity contribution in [3.05, 3.63) is 65.4 Å². The van der Waals surface area contributed by atoms with E-state index in [0.29, 0.717) is 23.9 Å². The Morgan fingerprint density at radius 3 is 2.36 bits per heavy atom. The summed E-state index contributed by atoms with van der Waals surface area (Å²) in [4.78, 5) is 38.8. The molecule has 42 heavy (non-hydrogen) atoms. The van der Waals surface area contributed by atoms with Gasteiger partial charge in [-0.1, -0.05) is 18.7 Å². The fourth-order valence-corrected chi connectivity index (χ4v) is 5.54. The van der Waals surface area contributed by atoms with Crippen LogP contribution in [0.2, 0.25) is 0 Å². The molecule has 3 aromatic rings. The number of anilines is 1. The van der Waals surface area contributed by atoms with Crippen molar-refractivity contribution in [2.24, 2.45) is 11.8 Å². The van der Waals surface area contributed by atoms with Crippen molar-refractivity contribution >= 4 is 29.3 Å². The smallest absolute Gasteiger partial charge is 0.421 e. The lowest BCUT2D eigenvalue weighted by atomic mass is 9.82. The van der Waals surface area contributed by atoms with E-state index < -0.39 is 46.8 Å². The van der Waals surface area contributed by atoms with E-state index in [9.17, 15) is 27.9 Å². The standard InChI is InChI=1S/C29H30F4N4O4S/c1-16(2)37(26(38)19-7-5-17(3)6-8-19)23-13-22(30)24(12-20(23)27(39)40)41-25-21(29(31,32)33)11-18(14-36-25)15-42-28-34-9-4-10-35-28/h4,9-14,16-17,19H,5-8,15H2,1-3H3,(H,39,40). The van der Waals surface area contributed by atoms with E-state index in [4.69, 9.17) is 4.74 Å². The number of hydrogen-bond acceptors (Lipinski definition) is 7. The summed E-state index contributed by atoms with van der Waals surface area (Å²) in [5.41, 5.74) is -1.75. The van der Waals surface area contributed by atoms with Gasteiger partial charge in [-0.15, -0.1) is 0 Å². The number of amides is 1. The maximum absolute atomic E-state index is 15.4. The number of nitrogens with zero attached hydrogens (tertiary/aromatic N) is 4. The fourth-order valence-electron chi connectivity index (χ4n) is 4.82. The molecule has 13 heteroatoms. The molecule has 1 fully saturated rings. The predicted octanol–water partition coefficient (Wildman–Crippen LogP) is 7.38. The van der Waals surface area contributed by atoms with Crippen LogP contribution in [0.5, 0.6) is 11.6 Å². The molecule has 1 aliphatic rings. The number of ether oxygens (including phenoxy) is 1. The number of rotatable bonds is 9. The second kappa shape index (κ2) is 13.1. The number of aromatic carboxylic acids is 1. The van der Waals surface area contributed by atoms with E-state index in [1.807, 2.05) is 0 Å². The Balaban J connectivity index is 1.66. The van der Waals surface area contributed by atoms with E-state index >= 15 is 4.39 Å². The average molecular weight is 607 g/mol. The minimum Gasteiger partial charge on any atom is -0.478 e. The summed E-state index contributed by atoms with van der Waals surface area (Å²) in [6, 6.07) is 3.53. The molecule has 1 N–H and O–H groups in total. The molecule has 4 rings (SSSR count). The molecule has 8 nitrogen and oxygen atoms in total. The van der Waals surface area contributed by atoms with Crippen LogP contribution < -0.4 is 9.64 Å². The van der Waals surface area contributed by atoms with Crippen molar-refractivity contribution in [2.45, 2.75) is 69.6 Å². The van der Waals surface area contributed by atoms with Gasteiger partial charge in [-0.2, -0.15) is 13.2 Å². The normalized spacial score (nSPS) is 17.2. The number of carbonyl (C=O) groups is 2. The number of carboxylic acids is 1. The Labute approximate surface area is 244 Å². The zero-order valence-corrected chi connectivity index (χ0v) is 24.0. The number of alkyl halides is 3. The molecule has 0 atom stereocenters. The maximum Gasteiger partial charge on any atom is 0.421 e. The van der Waals surface area contributed by atoms with Crippen LogP contribution in [0.25, 0.3) is 0 Å². The SMILES string of the molecule is CC1CCC(C(=O)N(c2cc(F)c(Oc3ncc(CSc4ncccn4)cc3C(F)(F)F)cc2C(=O)O)C(C)C)CC1. The van der Waals surface area contributed by atoms with Crippen molar-refractivity contribution in [2.75, 3.05) is 4.90 Å². The molecule has 0 bridgehead atoms. The van der Waals surface area contributed by atoms with Crippen LogP contribution in [0.1, 0.15) is 67.9 Å². The number of pyridine rings is 1. The van der Waals surface area contributed by atoms with E-state index in [-0.39, 0.29) is 28.8 Å². The summed E-state index contributed by atoms with van der Waals surface area (Å²) >= 11 is 1.10. The number of carboxylic acid groups (broad SMARTS) is 1. The molecule has 1 saturated carbocycles. The first-order chi connectivity index (χ1) is 19.8. The lowest BCUT2D eigenvalue weighted by Crippen LogP contribution is -2.43. The molecule has 2 heterocycles. The van der Waals surface area contributed by atoms with Crippen molar-refractivity contribution in [3.63, 3.8) is 0 Å². The van der Waals surface area contributed by atoms with Gasteiger partial charge in [0.05, 0.1) is 11.3 Å². The number of aromatic nitrogens is 3. The highest BCUT2D eigenvalue weighted by Crippen LogP contribution is 2.40. The van der Waals surface area contributed by atoms with E-state index in [2.05, 4.69) is 21.9 Å². The van der Waals surface area contributed by atoms with Crippen LogP contribution >= 0.6 is 11.8 Å². The molecule has 0 unspecified atom stereocenters. The second-order valence-corrected chi connectivity index (χ2v) is 11.4. The Morgan fingerprint density at radius 2 is 1.76 bits per heavy atom. The highest BCUT2D eigenvalue weighted by Gasteiger charge is 2.37. The van der Waals surface area contributed by atoms with Crippen molar-refractivity contribution in [1.82, 2.24) is 15.0 Å². The van der Waals surface area contributed by atoms with Crippen LogP contribution in [0.3, 0.4) is 0 Å². The van der Waals surface area contributed by atoms with Gasteiger partial charge in [0.15, 0.2) is 16.7 Å². The largest absolute Gasteiger partial charge is 0.478 e. The van der Waals surface area contributed by atoms with Gasteiger partial charge in [0.25, 0.3) is 0 Å². The maximum atomic E-state index is 15.4. The Hall–Kier alpha value is -3.74. The minimum atomic E-state index is -4.91. The first-order valence-electron chi connectivity index (χ1n) is 13.4. The van der Waals surface area contributed by atoms with E-state index in [1.54, 1.807) is 19.9 Å². The van der Waals surface area contributed by atoms with Gasteiger partial charge in [-0.25, -0.2) is 24.1 Å². The number of hydrogen-bond donors (Lipinski definition) is 1. The Bertz CT molecular complexity index is 1430. The van der Waals surface area contributed by atoms with Gasteiger partial charge in [0.2, 0.25) is 11.8 Å². The quantitative estimate of drug-likeness (QED) is 0.153. The molecule has 0 spiro atoms. The predicted molar refractivity (Wildman–Crippen MR) is 148 cm³/mol. The molecule has 1 aliphatic carbocycles. The van der Waals surface area contributed by atoms with Crippen molar-refractivity contribution < 1.29 is 37.0 Å². The van der Waals surface area contributed by atoms with Crippen LogP contribution in [0.15, 0.2) is 48.0 Å². The fraction of sp³-hybridized carbons (Fsp3) is 0.414. The van der Waals surface area contributed by atoms with Gasteiger partial charge in [0.1, 0.15) is 5.56 Å². The Kier molecular flexibility index (Phi) is 9.70. The zero-order chi connectivity index (χ0) is 30.6. The van der Waals surface area contributed by atoms with Crippen LogP contribution in [-0.2, 0) is 16.7 Å². The van der Waals surface area contributed by atoms with Gasteiger partial charge in [-0.05, 0) is 63.1 Å². The number of thioether (sulfide) groups is 1. The first kappa shape index (κ1) is 31.2. The second-order valence-electron chi connectivity index (χ2n) is 10.5. The van der Waals surface area contributed by atoms with Gasteiger partial charge in [-0.3, -0.25) is 4.79 Å². The zero-order valence-electron chi connectivity index (χ0n) is 23.2. The third-order valence-corrected chi connectivity index (χ3v) is 7.94. The molecule has 2 aromatic heterocycles. The molecular weight excluding hydrogens is 576 g/mol. The molecule has 224 valence electrons. The third-order valence-electron chi connectivity index (χ3n) is 6.99.